The number of amides is 2. The zero-order valence-electron chi connectivity index (χ0n) is 16.1. The van der Waals surface area contributed by atoms with E-state index in [4.69, 9.17) is 0 Å². The van der Waals surface area contributed by atoms with E-state index in [9.17, 15) is 9.59 Å². The number of benzene rings is 1. The Morgan fingerprint density at radius 1 is 0.786 bits per heavy atom. The maximum absolute atomic E-state index is 13.4. The third-order valence-corrected chi connectivity index (χ3v) is 6.57. The standard InChI is InChI=1S/C22H27N3O2S/c26-21(19-10-7-17-28-19)25-15-13-23(14-16-25)20(18-8-3-1-4-9-18)22(27)24-11-5-2-6-12-24/h1,3-4,7-10,17,20H,2,5-6,11-16H2. The van der Waals surface area contributed by atoms with Gasteiger partial charge in [-0.25, -0.2) is 0 Å². The second-order valence-corrected chi connectivity index (χ2v) is 8.45. The highest BCUT2D eigenvalue weighted by Crippen LogP contribution is 2.27. The Morgan fingerprint density at radius 2 is 1.50 bits per heavy atom. The molecule has 1 aromatic heterocycles. The minimum atomic E-state index is -0.252. The predicted molar refractivity (Wildman–Crippen MR) is 111 cm³/mol. The molecule has 2 amide bonds. The molecule has 5 nitrogen and oxygen atoms in total. The van der Waals surface area contributed by atoms with Crippen molar-refractivity contribution in [3.05, 3.63) is 58.3 Å². The van der Waals surface area contributed by atoms with E-state index in [1.807, 2.05) is 45.5 Å². The molecule has 0 saturated carbocycles. The highest BCUT2D eigenvalue weighted by molar-refractivity contribution is 7.12. The van der Waals surface area contributed by atoms with E-state index in [1.54, 1.807) is 0 Å². The van der Waals surface area contributed by atoms with Crippen molar-refractivity contribution in [3.63, 3.8) is 0 Å². The molecule has 0 spiro atoms. The number of piperazine rings is 1. The van der Waals surface area contributed by atoms with Gasteiger partial charge in [-0.1, -0.05) is 36.4 Å². The van der Waals surface area contributed by atoms with Crippen molar-refractivity contribution in [3.8, 4) is 0 Å². The first-order chi connectivity index (χ1) is 13.7. The van der Waals surface area contributed by atoms with E-state index >= 15 is 0 Å². The number of hydrogen-bond acceptors (Lipinski definition) is 4. The Kier molecular flexibility index (Phi) is 6.07. The summed E-state index contributed by atoms with van der Waals surface area (Å²) in [5, 5.41) is 1.94. The summed E-state index contributed by atoms with van der Waals surface area (Å²) >= 11 is 1.49. The van der Waals surface area contributed by atoms with E-state index in [0.717, 1.165) is 49.5 Å². The molecular weight excluding hydrogens is 370 g/mol. The van der Waals surface area contributed by atoms with E-state index in [0.29, 0.717) is 13.1 Å². The maximum Gasteiger partial charge on any atom is 0.264 e. The van der Waals surface area contributed by atoms with E-state index in [2.05, 4.69) is 17.0 Å². The van der Waals surface area contributed by atoms with Crippen LogP contribution in [-0.4, -0.2) is 65.8 Å². The van der Waals surface area contributed by atoms with Crippen LogP contribution in [0.15, 0.2) is 47.8 Å². The van der Waals surface area contributed by atoms with Crippen LogP contribution in [-0.2, 0) is 4.79 Å². The molecule has 148 valence electrons. The van der Waals surface area contributed by atoms with Gasteiger partial charge in [0.2, 0.25) is 5.91 Å². The van der Waals surface area contributed by atoms with Crippen molar-refractivity contribution < 1.29 is 9.59 Å². The molecule has 2 aliphatic heterocycles. The Morgan fingerprint density at radius 3 is 2.14 bits per heavy atom. The van der Waals surface area contributed by atoms with Gasteiger partial charge in [-0.3, -0.25) is 14.5 Å². The van der Waals surface area contributed by atoms with Gasteiger partial charge in [0.05, 0.1) is 4.88 Å². The fourth-order valence-electron chi connectivity index (χ4n) is 4.17. The summed E-state index contributed by atoms with van der Waals surface area (Å²) in [6.07, 6.45) is 3.40. The second-order valence-electron chi connectivity index (χ2n) is 7.50. The number of rotatable bonds is 4. The number of piperidine rings is 1. The summed E-state index contributed by atoms with van der Waals surface area (Å²) in [6, 6.07) is 13.6. The lowest BCUT2D eigenvalue weighted by atomic mass is 10.0. The van der Waals surface area contributed by atoms with Gasteiger partial charge in [0, 0.05) is 39.3 Å². The summed E-state index contributed by atoms with van der Waals surface area (Å²) in [5.41, 5.74) is 1.05. The van der Waals surface area contributed by atoms with Crippen LogP contribution in [0, 0.1) is 0 Å². The lowest BCUT2D eigenvalue weighted by Crippen LogP contribution is -2.53. The van der Waals surface area contributed by atoms with Crippen LogP contribution in [0.25, 0.3) is 0 Å². The average molecular weight is 398 g/mol. The van der Waals surface area contributed by atoms with Gasteiger partial charge in [0.25, 0.3) is 5.91 Å². The molecule has 0 radical (unpaired) electrons. The van der Waals surface area contributed by atoms with E-state index in [-0.39, 0.29) is 17.9 Å². The molecule has 6 heteroatoms. The van der Waals surface area contributed by atoms with Crippen LogP contribution in [0.5, 0.6) is 0 Å². The monoisotopic (exact) mass is 397 g/mol. The Bertz CT molecular complexity index is 779. The van der Waals surface area contributed by atoms with Crippen molar-refractivity contribution in [2.45, 2.75) is 25.3 Å². The SMILES string of the molecule is O=C(c1cccs1)N1CCN(C(C(=O)N2CCCCC2)c2ccccc2)CC1. The third-order valence-electron chi connectivity index (χ3n) is 5.72. The minimum Gasteiger partial charge on any atom is -0.341 e. The van der Waals surface area contributed by atoms with Gasteiger partial charge in [0.15, 0.2) is 0 Å². The first-order valence-electron chi connectivity index (χ1n) is 10.1. The number of hydrogen-bond donors (Lipinski definition) is 0. The maximum atomic E-state index is 13.4. The van der Waals surface area contributed by atoms with Gasteiger partial charge in [0.1, 0.15) is 6.04 Å². The van der Waals surface area contributed by atoms with E-state index in [1.165, 1.54) is 17.8 Å². The second kappa shape index (κ2) is 8.88. The molecule has 28 heavy (non-hydrogen) atoms. The first kappa shape index (κ1) is 19.2. The molecule has 1 atom stereocenters. The van der Waals surface area contributed by atoms with Gasteiger partial charge in [-0.15, -0.1) is 11.3 Å². The van der Waals surface area contributed by atoms with Crippen LogP contribution in [0.3, 0.4) is 0 Å². The largest absolute Gasteiger partial charge is 0.341 e. The van der Waals surface area contributed by atoms with Crippen molar-refractivity contribution in [1.82, 2.24) is 14.7 Å². The quantitative estimate of drug-likeness (QED) is 0.795. The number of likely N-dealkylation sites (tertiary alicyclic amines) is 1. The number of carbonyl (C=O) groups is 2. The number of carbonyl (C=O) groups excluding carboxylic acids is 2. The molecule has 0 N–H and O–H groups in total. The molecule has 3 heterocycles. The van der Waals surface area contributed by atoms with Crippen molar-refractivity contribution in [1.29, 1.82) is 0 Å². The van der Waals surface area contributed by atoms with Crippen LogP contribution in [0.1, 0.15) is 40.5 Å². The molecule has 1 unspecified atom stereocenters. The number of thiophene rings is 1. The molecule has 2 aliphatic rings. The zero-order valence-corrected chi connectivity index (χ0v) is 16.9. The summed E-state index contributed by atoms with van der Waals surface area (Å²) in [4.78, 5) is 33.0. The smallest absolute Gasteiger partial charge is 0.264 e. The number of nitrogens with zero attached hydrogens (tertiary/aromatic N) is 3. The van der Waals surface area contributed by atoms with Gasteiger partial charge in [-0.05, 0) is 36.3 Å². The van der Waals surface area contributed by atoms with Gasteiger partial charge < -0.3 is 9.80 Å². The zero-order chi connectivity index (χ0) is 19.3. The Balaban J connectivity index is 1.48. The van der Waals surface area contributed by atoms with Crippen molar-refractivity contribution >= 4 is 23.2 Å². The minimum absolute atomic E-state index is 0.105. The predicted octanol–water partition coefficient (Wildman–Crippen LogP) is 3.26. The highest BCUT2D eigenvalue weighted by Gasteiger charge is 2.34. The first-order valence-corrected chi connectivity index (χ1v) is 11.0. The van der Waals surface area contributed by atoms with Crippen LogP contribution >= 0.6 is 11.3 Å². The topological polar surface area (TPSA) is 43.9 Å². The molecular formula is C22H27N3O2S. The molecule has 4 rings (SSSR count). The molecule has 2 aromatic rings. The van der Waals surface area contributed by atoms with Crippen LogP contribution in [0.4, 0.5) is 0 Å². The lowest BCUT2D eigenvalue weighted by molar-refractivity contribution is -0.138. The summed E-state index contributed by atoms with van der Waals surface area (Å²) < 4.78 is 0. The lowest BCUT2D eigenvalue weighted by Gasteiger charge is -2.41. The third kappa shape index (κ3) is 4.13. The van der Waals surface area contributed by atoms with Crippen molar-refractivity contribution in [2.24, 2.45) is 0 Å². The van der Waals surface area contributed by atoms with Gasteiger partial charge >= 0.3 is 0 Å². The van der Waals surface area contributed by atoms with Crippen molar-refractivity contribution in [2.75, 3.05) is 39.3 Å². The summed E-state index contributed by atoms with van der Waals surface area (Å²) in [6.45, 7) is 4.48. The fraction of sp³-hybridized carbons (Fsp3) is 0.455. The summed E-state index contributed by atoms with van der Waals surface area (Å²) in [5.74, 6) is 0.317. The van der Waals surface area contributed by atoms with Crippen LogP contribution < -0.4 is 0 Å². The normalized spacial score (nSPS) is 19.4. The van der Waals surface area contributed by atoms with E-state index < -0.39 is 0 Å². The Labute approximate surface area is 170 Å². The molecule has 1 aromatic carbocycles. The molecule has 2 saturated heterocycles. The van der Waals surface area contributed by atoms with Crippen LogP contribution in [0.2, 0.25) is 0 Å². The average Bonchev–Trinajstić information content (AvgIpc) is 3.30. The van der Waals surface area contributed by atoms with Gasteiger partial charge in [-0.2, -0.15) is 0 Å². The summed E-state index contributed by atoms with van der Waals surface area (Å²) in [7, 11) is 0. The molecule has 2 fully saturated rings. The molecule has 0 aliphatic carbocycles. The highest BCUT2D eigenvalue weighted by atomic mass is 32.1. The fourth-order valence-corrected chi connectivity index (χ4v) is 4.86. The Hall–Kier alpha value is -2.18. The molecule has 0 bridgehead atoms.